The molecule has 0 saturated heterocycles. The van der Waals surface area contributed by atoms with Crippen molar-refractivity contribution in [1.29, 1.82) is 0 Å². The Labute approximate surface area is 119 Å². The fraction of sp³-hybridized carbons (Fsp3) is 0.0714. The Kier molecular flexibility index (Phi) is 3.09. The molecule has 2 aromatic carbocycles. The zero-order valence-corrected chi connectivity index (χ0v) is 11.1. The number of nitrogens with two attached hydrogens (primary N) is 1. The number of hydrogen-bond acceptors (Lipinski definition) is 4. The van der Waals surface area contributed by atoms with E-state index >= 15 is 0 Å². The Morgan fingerprint density at radius 2 is 1.86 bits per heavy atom. The monoisotopic (exact) mass is 287 g/mol. The summed E-state index contributed by atoms with van der Waals surface area (Å²) in [6.45, 7) is 1.78. The predicted molar refractivity (Wildman–Crippen MR) is 73.7 cm³/mol. The SMILES string of the molecule is Cc1ccc(-n2nnnc2-c2ccc(N)c(F)c2)c(F)c1. The van der Waals surface area contributed by atoms with Crippen LogP contribution < -0.4 is 5.73 Å². The van der Waals surface area contributed by atoms with Gasteiger partial charge < -0.3 is 5.73 Å². The highest BCUT2D eigenvalue weighted by Gasteiger charge is 2.15. The summed E-state index contributed by atoms with van der Waals surface area (Å²) in [5.41, 5.74) is 6.85. The topological polar surface area (TPSA) is 69.6 Å². The van der Waals surface area contributed by atoms with Gasteiger partial charge in [0.05, 0.1) is 5.69 Å². The fourth-order valence-corrected chi connectivity index (χ4v) is 1.98. The minimum atomic E-state index is -0.577. The lowest BCUT2D eigenvalue weighted by Crippen LogP contribution is -2.03. The second-order valence-electron chi connectivity index (χ2n) is 4.61. The van der Waals surface area contributed by atoms with Gasteiger partial charge in [-0.2, -0.15) is 4.68 Å². The molecule has 3 rings (SSSR count). The molecule has 1 heterocycles. The van der Waals surface area contributed by atoms with Crippen molar-refractivity contribution in [2.45, 2.75) is 6.92 Å². The number of nitrogen functional groups attached to an aromatic ring is 1. The van der Waals surface area contributed by atoms with Crippen LogP contribution in [0.5, 0.6) is 0 Å². The molecule has 1 aromatic heterocycles. The molecule has 0 aliphatic heterocycles. The quantitative estimate of drug-likeness (QED) is 0.735. The van der Waals surface area contributed by atoms with Crippen LogP contribution in [0.3, 0.4) is 0 Å². The first-order valence-corrected chi connectivity index (χ1v) is 6.16. The van der Waals surface area contributed by atoms with E-state index in [1.807, 2.05) is 0 Å². The minimum Gasteiger partial charge on any atom is -0.396 e. The molecule has 0 radical (unpaired) electrons. The van der Waals surface area contributed by atoms with Crippen molar-refractivity contribution in [2.24, 2.45) is 0 Å². The van der Waals surface area contributed by atoms with Crippen molar-refractivity contribution >= 4 is 5.69 Å². The van der Waals surface area contributed by atoms with Crippen molar-refractivity contribution in [3.8, 4) is 17.1 Å². The molecule has 0 fully saturated rings. The van der Waals surface area contributed by atoms with Gasteiger partial charge in [-0.05, 0) is 53.2 Å². The van der Waals surface area contributed by atoms with Gasteiger partial charge in [0.1, 0.15) is 17.3 Å². The maximum absolute atomic E-state index is 14.0. The zero-order chi connectivity index (χ0) is 15.0. The number of rotatable bonds is 2. The Bertz CT molecular complexity index is 813. The van der Waals surface area contributed by atoms with E-state index in [1.54, 1.807) is 25.1 Å². The molecule has 106 valence electrons. The van der Waals surface area contributed by atoms with Gasteiger partial charge in [-0.1, -0.05) is 6.07 Å². The first kappa shape index (κ1) is 13.2. The normalized spacial score (nSPS) is 10.8. The van der Waals surface area contributed by atoms with Crippen LogP contribution in [0.1, 0.15) is 5.56 Å². The minimum absolute atomic E-state index is 0.0271. The molecule has 2 N–H and O–H groups in total. The van der Waals surface area contributed by atoms with E-state index in [0.717, 1.165) is 5.56 Å². The van der Waals surface area contributed by atoms with Crippen LogP contribution in [-0.2, 0) is 0 Å². The molecular weight excluding hydrogens is 276 g/mol. The first-order chi connectivity index (χ1) is 10.1. The summed E-state index contributed by atoms with van der Waals surface area (Å²) in [5.74, 6) is -0.803. The lowest BCUT2D eigenvalue weighted by Gasteiger charge is -2.07. The van der Waals surface area contributed by atoms with E-state index in [-0.39, 0.29) is 17.2 Å². The average Bonchev–Trinajstić information content (AvgIpc) is 2.91. The lowest BCUT2D eigenvalue weighted by atomic mass is 10.1. The summed E-state index contributed by atoms with van der Waals surface area (Å²) in [7, 11) is 0. The number of tetrazole rings is 1. The molecule has 0 unspecified atom stereocenters. The van der Waals surface area contributed by atoms with Gasteiger partial charge in [0.25, 0.3) is 0 Å². The summed E-state index contributed by atoms with van der Waals surface area (Å²) in [5, 5.41) is 11.1. The predicted octanol–water partition coefficient (Wildman–Crippen LogP) is 2.50. The van der Waals surface area contributed by atoms with Gasteiger partial charge in [0.15, 0.2) is 5.82 Å². The highest BCUT2D eigenvalue weighted by atomic mass is 19.1. The van der Waals surface area contributed by atoms with E-state index in [4.69, 9.17) is 5.73 Å². The molecule has 3 aromatic rings. The lowest BCUT2D eigenvalue weighted by molar-refractivity contribution is 0.606. The summed E-state index contributed by atoms with van der Waals surface area (Å²) in [4.78, 5) is 0. The Hall–Kier alpha value is -2.83. The van der Waals surface area contributed by atoms with Crippen molar-refractivity contribution in [3.63, 3.8) is 0 Å². The van der Waals surface area contributed by atoms with E-state index in [1.165, 1.54) is 22.9 Å². The van der Waals surface area contributed by atoms with Crippen LogP contribution >= 0.6 is 0 Å². The maximum atomic E-state index is 14.0. The Morgan fingerprint density at radius 3 is 2.57 bits per heavy atom. The molecule has 21 heavy (non-hydrogen) atoms. The summed E-state index contributed by atoms with van der Waals surface area (Å²) in [6, 6.07) is 8.89. The van der Waals surface area contributed by atoms with Crippen LogP contribution in [0, 0.1) is 18.6 Å². The van der Waals surface area contributed by atoms with Gasteiger partial charge in [-0.15, -0.1) is 5.10 Å². The fourth-order valence-electron chi connectivity index (χ4n) is 1.98. The number of hydrogen-bond donors (Lipinski definition) is 1. The first-order valence-electron chi connectivity index (χ1n) is 6.16. The van der Waals surface area contributed by atoms with Crippen LogP contribution in [0.4, 0.5) is 14.5 Å². The highest BCUT2D eigenvalue weighted by molar-refractivity contribution is 5.61. The largest absolute Gasteiger partial charge is 0.396 e. The summed E-state index contributed by atoms with van der Waals surface area (Å²) < 4.78 is 28.8. The summed E-state index contributed by atoms with van der Waals surface area (Å²) >= 11 is 0. The zero-order valence-electron chi connectivity index (χ0n) is 11.1. The molecule has 0 spiro atoms. The number of aryl methyl sites for hydroxylation is 1. The third-order valence-corrected chi connectivity index (χ3v) is 3.06. The van der Waals surface area contributed by atoms with E-state index < -0.39 is 11.6 Å². The van der Waals surface area contributed by atoms with Gasteiger partial charge >= 0.3 is 0 Å². The standard InChI is InChI=1S/C14H11F2N5/c1-8-2-5-13(11(16)6-8)21-14(18-19-20-21)9-3-4-12(17)10(15)7-9/h2-7H,17H2,1H3. The smallest absolute Gasteiger partial charge is 0.187 e. The summed E-state index contributed by atoms with van der Waals surface area (Å²) in [6.07, 6.45) is 0. The second kappa shape index (κ2) is 4.93. The number of anilines is 1. The van der Waals surface area contributed by atoms with Gasteiger partial charge in [-0.3, -0.25) is 0 Å². The molecule has 0 saturated carbocycles. The molecule has 0 amide bonds. The number of nitrogens with zero attached hydrogens (tertiary/aromatic N) is 4. The van der Waals surface area contributed by atoms with Crippen LogP contribution in [0.25, 0.3) is 17.1 Å². The van der Waals surface area contributed by atoms with Crippen molar-refractivity contribution < 1.29 is 8.78 Å². The van der Waals surface area contributed by atoms with Gasteiger partial charge in [0, 0.05) is 5.56 Å². The molecule has 7 heteroatoms. The molecule has 0 atom stereocenters. The van der Waals surface area contributed by atoms with Crippen molar-refractivity contribution in [2.75, 3.05) is 5.73 Å². The number of aromatic nitrogens is 4. The van der Waals surface area contributed by atoms with E-state index in [9.17, 15) is 8.78 Å². The Balaban J connectivity index is 2.14. The number of halogens is 2. The third kappa shape index (κ3) is 2.33. The highest BCUT2D eigenvalue weighted by Crippen LogP contribution is 2.24. The van der Waals surface area contributed by atoms with E-state index in [2.05, 4.69) is 15.5 Å². The average molecular weight is 287 g/mol. The van der Waals surface area contributed by atoms with E-state index in [0.29, 0.717) is 5.56 Å². The van der Waals surface area contributed by atoms with Crippen molar-refractivity contribution in [3.05, 3.63) is 53.6 Å². The molecule has 0 aliphatic rings. The van der Waals surface area contributed by atoms with Crippen LogP contribution in [-0.4, -0.2) is 20.2 Å². The molecular formula is C14H11F2N5. The molecule has 0 bridgehead atoms. The Morgan fingerprint density at radius 1 is 1.05 bits per heavy atom. The van der Waals surface area contributed by atoms with Crippen LogP contribution in [0.15, 0.2) is 36.4 Å². The molecule has 5 nitrogen and oxygen atoms in total. The third-order valence-electron chi connectivity index (χ3n) is 3.06. The van der Waals surface area contributed by atoms with Crippen molar-refractivity contribution in [1.82, 2.24) is 20.2 Å². The maximum Gasteiger partial charge on any atom is 0.187 e. The van der Waals surface area contributed by atoms with Gasteiger partial charge in [-0.25, -0.2) is 8.78 Å². The van der Waals surface area contributed by atoms with Gasteiger partial charge in [0.2, 0.25) is 0 Å². The molecule has 0 aliphatic carbocycles. The van der Waals surface area contributed by atoms with Crippen LogP contribution in [0.2, 0.25) is 0 Å². The number of benzene rings is 2. The second-order valence-corrected chi connectivity index (χ2v) is 4.61.